The predicted molar refractivity (Wildman–Crippen MR) is 164 cm³/mol. The number of nitrogens with zero attached hydrogens (tertiary/aromatic N) is 1. The van der Waals surface area contributed by atoms with Crippen molar-refractivity contribution in [2.24, 2.45) is 5.92 Å². The molecule has 0 unspecified atom stereocenters. The van der Waals surface area contributed by atoms with Gasteiger partial charge in [-0.3, -0.25) is 19.2 Å². The number of halogens is 1. The van der Waals surface area contributed by atoms with E-state index >= 15 is 0 Å². The van der Waals surface area contributed by atoms with Crippen LogP contribution in [0.3, 0.4) is 0 Å². The number of aromatic amines is 1. The fraction of sp³-hybridized carbons (Fsp3) is 0.226. The van der Waals surface area contributed by atoms with E-state index in [1.807, 2.05) is 0 Å². The molecule has 0 aliphatic carbocycles. The number of carbonyl (C=O) groups excluding carboxylic acids is 3. The highest BCUT2D eigenvalue weighted by Crippen LogP contribution is 2.53. The number of thiazole rings is 1. The van der Waals surface area contributed by atoms with Gasteiger partial charge in [0.25, 0.3) is 5.91 Å². The van der Waals surface area contributed by atoms with Crippen molar-refractivity contribution < 1.29 is 33.0 Å². The second kappa shape index (κ2) is 12.2. The minimum Gasteiger partial charge on any atom is -0.497 e. The lowest BCUT2D eigenvalue weighted by molar-refractivity contribution is -0.122. The molecule has 3 aromatic carbocycles. The Kier molecular flexibility index (Phi) is 8.15. The van der Waals surface area contributed by atoms with Gasteiger partial charge < -0.3 is 24.5 Å². The summed E-state index contributed by atoms with van der Waals surface area (Å²) in [5.74, 6) is -1.78. The normalized spacial score (nSPS) is 18.9. The minimum atomic E-state index is -0.781. The first kappa shape index (κ1) is 29.5. The minimum absolute atomic E-state index is 0.281. The van der Waals surface area contributed by atoms with Crippen LogP contribution in [0.1, 0.15) is 23.3 Å². The maximum absolute atomic E-state index is 14.0. The van der Waals surface area contributed by atoms with Crippen LogP contribution in [-0.4, -0.2) is 48.3 Å². The fourth-order valence-electron chi connectivity index (χ4n) is 5.34. The Morgan fingerprint density at radius 2 is 1.73 bits per heavy atom. The topological polar surface area (TPSA) is 127 Å². The highest BCUT2D eigenvalue weighted by molar-refractivity contribution is 8.00. The molecule has 1 fully saturated rings. The number of methoxy groups -OCH3 is 1. The molecule has 44 heavy (non-hydrogen) atoms. The number of amides is 3. The molecule has 226 valence electrons. The molecule has 3 amide bonds. The van der Waals surface area contributed by atoms with Crippen LogP contribution in [0.2, 0.25) is 0 Å². The van der Waals surface area contributed by atoms with E-state index in [9.17, 15) is 23.6 Å². The molecule has 0 spiro atoms. The second-order valence-corrected chi connectivity index (χ2v) is 12.1. The summed E-state index contributed by atoms with van der Waals surface area (Å²) in [5, 5.41) is 2.44. The standard InChI is InChI=1S/C31H26FN3O7S2/c1-3-41-22-14-16(4-13-21(22)42-15-23(36)33-18-7-5-17(32)6-8-18)24-25-27(43-28-26(24)44-31(39)34-28)30(38)35(29(25)37)19-9-11-20(40-2)12-10-19/h4-14,24-25,27H,3,15H2,1-2H3,(H,33,36)(H,34,39)/t24-,25-,27+/m0/s1. The molecule has 10 nitrogen and oxygen atoms in total. The van der Waals surface area contributed by atoms with Crippen LogP contribution in [0.25, 0.3) is 0 Å². The number of fused-ring (bicyclic) bond motifs is 2. The third-order valence-electron chi connectivity index (χ3n) is 7.27. The average molecular weight is 636 g/mol. The lowest BCUT2D eigenvalue weighted by Gasteiger charge is -2.30. The molecule has 2 aliphatic heterocycles. The number of imide groups is 1. The van der Waals surface area contributed by atoms with Crippen LogP contribution in [0.5, 0.6) is 17.2 Å². The fourth-order valence-corrected chi connectivity index (χ4v) is 7.86. The Hall–Kier alpha value is -4.62. The monoisotopic (exact) mass is 635 g/mol. The molecule has 2 aliphatic rings. The number of hydrogen-bond donors (Lipinski definition) is 2. The maximum Gasteiger partial charge on any atom is 0.305 e. The molecule has 2 N–H and O–H groups in total. The van der Waals surface area contributed by atoms with E-state index in [0.717, 1.165) is 11.3 Å². The first-order valence-electron chi connectivity index (χ1n) is 13.6. The number of nitrogens with one attached hydrogen (secondary N) is 2. The molecule has 0 bridgehead atoms. The second-order valence-electron chi connectivity index (χ2n) is 9.94. The predicted octanol–water partition coefficient (Wildman–Crippen LogP) is 4.80. The first-order chi connectivity index (χ1) is 21.3. The van der Waals surface area contributed by atoms with Crippen LogP contribution in [0, 0.1) is 11.7 Å². The molecule has 0 radical (unpaired) electrons. The molecule has 3 heterocycles. The van der Waals surface area contributed by atoms with E-state index in [2.05, 4.69) is 10.3 Å². The van der Waals surface area contributed by atoms with Gasteiger partial charge in [-0.05, 0) is 73.2 Å². The van der Waals surface area contributed by atoms with E-state index in [-0.39, 0.29) is 23.3 Å². The van der Waals surface area contributed by atoms with Crippen LogP contribution in [-0.2, 0) is 14.4 Å². The van der Waals surface area contributed by atoms with Crippen molar-refractivity contribution in [3.05, 3.63) is 92.7 Å². The van der Waals surface area contributed by atoms with Gasteiger partial charge in [0.2, 0.25) is 11.8 Å². The number of hydrogen-bond acceptors (Lipinski definition) is 9. The van der Waals surface area contributed by atoms with E-state index in [0.29, 0.717) is 50.7 Å². The number of thioether (sulfide) groups is 1. The molecule has 1 aromatic heterocycles. The zero-order valence-corrected chi connectivity index (χ0v) is 25.1. The number of rotatable bonds is 9. The zero-order chi connectivity index (χ0) is 31.0. The third-order valence-corrected chi connectivity index (χ3v) is 9.67. The number of aromatic nitrogens is 1. The first-order valence-corrected chi connectivity index (χ1v) is 15.3. The number of anilines is 2. The van der Waals surface area contributed by atoms with Crippen molar-refractivity contribution in [3.8, 4) is 17.2 Å². The molecular formula is C31H26FN3O7S2. The Balaban J connectivity index is 1.30. The van der Waals surface area contributed by atoms with Crippen LogP contribution >= 0.6 is 23.1 Å². The number of carbonyl (C=O) groups is 3. The van der Waals surface area contributed by atoms with E-state index in [4.69, 9.17) is 14.2 Å². The lowest BCUT2D eigenvalue weighted by atomic mass is 9.83. The molecule has 13 heteroatoms. The largest absolute Gasteiger partial charge is 0.497 e. The average Bonchev–Trinajstić information content (AvgIpc) is 3.51. The molecular weight excluding hydrogens is 609 g/mol. The quantitative estimate of drug-likeness (QED) is 0.251. The molecule has 6 rings (SSSR count). The van der Waals surface area contributed by atoms with Gasteiger partial charge in [-0.1, -0.05) is 29.2 Å². The summed E-state index contributed by atoms with van der Waals surface area (Å²) in [6.07, 6.45) is 0. The highest BCUT2D eigenvalue weighted by atomic mass is 32.2. The Labute approximate surface area is 259 Å². The Morgan fingerprint density at radius 3 is 2.43 bits per heavy atom. The summed E-state index contributed by atoms with van der Waals surface area (Å²) >= 11 is 2.20. The zero-order valence-electron chi connectivity index (χ0n) is 23.5. The Morgan fingerprint density at radius 1 is 0.977 bits per heavy atom. The summed E-state index contributed by atoms with van der Waals surface area (Å²) in [6.45, 7) is 1.75. The Bertz CT molecular complexity index is 1790. The van der Waals surface area contributed by atoms with Crippen molar-refractivity contribution >= 4 is 52.2 Å². The highest BCUT2D eigenvalue weighted by Gasteiger charge is 2.56. The van der Waals surface area contributed by atoms with Gasteiger partial charge in [0.1, 0.15) is 16.8 Å². The number of ether oxygens (including phenoxy) is 3. The van der Waals surface area contributed by atoms with Crippen LogP contribution in [0.4, 0.5) is 15.8 Å². The van der Waals surface area contributed by atoms with Crippen molar-refractivity contribution in [1.82, 2.24) is 4.98 Å². The van der Waals surface area contributed by atoms with E-state index in [1.54, 1.807) is 49.4 Å². The van der Waals surface area contributed by atoms with Crippen molar-refractivity contribution in [1.29, 1.82) is 0 Å². The SMILES string of the molecule is CCOc1cc([C@@H]2c3sc(=O)[nH]c3S[C@H]3C(=O)N(c4ccc(OC)cc4)C(=O)[C@@H]23)ccc1OCC(=O)Nc1ccc(F)cc1. The third kappa shape index (κ3) is 5.55. The summed E-state index contributed by atoms with van der Waals surface area (Å²) in [6, 6.07) is 17.2. The van der Waals surface area contributed by atoms with Gasteiger partial charge in [-0.2, -0.15) is 0 Å². The smallest absolute Gasteiger partial charge is 0.305 e. The summed E-state index contributed by atoms with van der Waals surface area (Å²) < 4.78 is 30.0. The van der Waals surface area contributed by atoms with Gasteiger partial charge in [-0.15, -0.1) is 0 Å². The molecule has 3 atom stereocenters. The van der Waals surface area contributed by atoms with Crippen molar-refractivity contribution in [3.63, 3.8) is 0 Å². The van der Waals surface area contributed by atoms with E-state index in [1.165, 1.54) is 48.0 Å². The lowest BCUT2D eigenvalue weighted by Crippen LogP contribution is -2.32. The van der Waals surface area contributed by atoms with Gasteiger partial charge >= 0.3 is 4.87 Å². The summed E-state index contributed by atoms with van der Waals surface area (Å²) in [4.78, 5) is 57.0. The maximum atomic E-state index is 14.0. The van der Waals surface area contributed by atoms with Crippen LogP contribution in [0.15, 0.2) is 76.6 Å². The van der Waals surface area contributed by atoms with Crippen molar-refractivity contribution in [2.45, 2.75) is 23.1 Å². The van der Waals surface area contributed by atoms with Crippen LogP contribution < -0.4 is 29.3 Å². The molecule has 1 saturated heterocycles. The molecule has 0 saturated carbocycles. The van der Waals surface area contributed by atoms with Gasteiger partial charge in [-0.25, -0.2) is 9.29 Å². The number of benzene rings is 3. The van der Waals surface area contributed by atoms with Gasteiger partial charge in [0.05, 0.1) is 30.3 Å². The molecule has 4 aromatic rings. The van der Waals surface area contributed by atoms with Gasteiger partial charge in [0, 0.05) is 16.5 Å². The summed E-state index contributed by atoms with van der Waals surface area (Å²) in [7, 11) is 1.53. The van der Waals surface area contributed by atoms with Gasteiger partial charge in [0.15, 0.2) is 18.1 Å². The van der Waals surface area contributed by atoms with E-state index < -0.39 is 28.8 Å². The van der Waals surface area contributed by atoms with Crippen molar-refractivity contribution in [2.75, 3.05) is 30.5 Å². The number of H-pyrrole nitrogens is 1. The summed E-state index contributed by atoms with van der Waals surface area (Å²) in [5.41, 5.74) is 1.51.